The van der Waals surface area contributed by atoms with Crippen LogP contribution in [0.25, 0.3) is 0 Å². The summed E-state index contributed by atoms with van der Waals surface area (Å²) < 4.78 is 2.63. The topological polar surface area (TPSA) is 19.7 Å². The first kappa shape index (κ1) is 38.2. The van der Waals surface area contributed by atoms with E-state index in [0.29, 0.717) is 12.0 Å². The Hall–Kier alpha value is -0.790. The Morgan fingerprint density at radius 2 is 0.780 bits per heavy atom. The number of H-pyrrole nitrogens is 1. The predicted octanol–water partition coefficient (Wildman–Crippen LogP) is 13.7. The summed E-state index contributed by atoms with van der Waals surface area (Å²) in [5.41, 5.74) is 0. The molecule has 0 spiro atoms. The third-order valence-electron chi connectivity index (χ3n) is 9.64. The number of imidazole rings is 1. The van der Waals surface area contributed by atoms with E-state index in [-0.39, 0.29) is 0 Å². The van der Waals surface area contributed by atoms with Crippen LogP contribution in [-0.2, 0) is 0 Å². The van der Waals surface area contributed by atoms with Crippen molar-refractivity contribution in [3.8, 4) is 0 Å². The molecule has 0 saturated heterocycles. The van der Waals surface area contributed by atoms with E-state index in [9.17, 15) is 0 Å². The SMILES string of the molecule is CCCCCCCCCCCCCCC(CCCCCCCCC)c1[nH]cc[n+]1C(C)CCCCCCCCCC. The fourth-order valence-electron chi connectivity index (χ4n) is 6.78. The van der Waals surface area contributed by atoms with Crippen LogP contribution in [0.5, 0.6) is 0 Å². The van der Waals surface area contributed by atoms with E-state index < -0.39 is 0 Å². The van der Waals surface area contributed by atoms with Crippen LogP contribution in [0.1, 0.15) is 238 Å². The number of unbranched alkanes of at least 4 members (excludes halogenated alkanes) is 24. The van der Waals surface area contributed by atoms with Crippen LogP contribution in [0, 0.1) is 0 Å². The molecule has 2 nitrogen and oxygen atoms in total. The minimum Gasteiger partial charge on any atom is -0.247 e. The minimum atomic E-state index is 0.620. The number of hydrogen-bond acceptors (Lipinski definition) is 0. The van der Waals surface area contributed by atoms with Crippen LogP contribution >= 0.6 is 0 Å². The van der Waals surface area contributed by atoms with Crippen molar-refractivity contribution < 1.29 is 4.57 Å². The summed E-state index contributed by atoms with van der Waals surface area (Å²) in [6.07, 6.45) is 47.2. The first-order chi connectivity index (χ1) is 20.2. The summed E-state index contributed by atoms with van der Waals surface area (Å²) >= 11 is 0. The Bertz CT molecular complexity index is 635. The summed E-state index contributed by atoms with van der Waals surface area (Å²) in [6.45, 7) is 9.41. The van der Waals surface area contributed by atoms with E-state index in [0.717, 1.165) is 0 Å². The highest BCUT2D eigenvalue weighted by atomic mass is 15.1. The average Bonchev–Trinajstić information content (AvgIpc) is 3.47. The van der Waals surface area contributed by atoms with Crippen LogP contribution < -0.4 is 4.57 Å². The highest BCUT2D eigenvalue weighted by molar-refractivity contribution is 4.90. The zero-order valence-corrected chi connectivity index (χ0v) is 29.0. The largest absolute Gasteiger partial charge is 0.257 e. The van der Waals surface area contributed by atoms with Gasteiger partial charge in [0.25, 0.3) is 5.82 Å². The molecular weight excluding hydrogens is 496 g/mol. The van der Waals surface area contributed by atoms with E-state index >= 15 is 0 Å². The molecular formula is C39H77N2+. The third-order valence-corrected chi connectivity index (χ3v) is 9.64. The van der Waals surface area contributed by atoms with Crippen molar-refractivity contribution in [2.45, 2.75) is 232 Å². The van der Waals surface area contributed by atoms with Gasteiger partial charge in [0.05, 0.1) is 12.0 Å². The van der Waals surface area contributed by atoms with Crippen molar-refractivity contribution in [3.05, 3.63) is 18.2 Å². The fraction of sp³-hybridized carbons (Fsp3) is 0.923. The molecule has 0 amide bonds. The molecule has 1 aromatic rings. The van der Waals surface area contributed by atoms with Gasteiger partial charge in [0.2, 0.25) is 0 Å². The summed E-state index contributed by atoms with van der Waals surface area (Å²) in [6, 6.07) is 0.620. The van der Waals surface area contributed by atoms with Crippen molar-refractivity contribution in [2.75, 3.05) is 0 Å². The van der Waals surface area contributed by atoms with Crippen LogP contribution in [0.3, 0.4) is 0 Å². The highest BCUT2D eigenvalue weighted by Crippen LogP contribution is 2.27. The van der Waals surface area contributed by atoms with Crippen LogP contribution in [0.2, 0.25) is 0 Å². The van der Waals surface area contributed by atoms with Gasteiger partial charge >= 0.3 is 0 Å². The molecule has 0 aliphatic rings. The zero-order chi connectivity index (χ0) is 29.6. The molecule has 0 aliphatic heterocycles. The second-order valence-electron chi connectivity index (χ2n) is 13.6. The van der Waals surface area contributed by atoms with Crippen molar-refractivity contribution in [3.63, 3.8) is 0 Å². The number of aromatic amines is 1. The van der Waals surface area contributed by atoms with Crippen molar-refractivity contribution in [1.82, 2.24) is 4.98 Å². The summed E-state index contributed by atoms with van der Waals surface area (Å²) in [4.78, 5) is 3.74. The molecule has 41 heavy (non-hydrogen) atoms. The van der Waals surface area contributed by atoms with E-state index in [2.05, 4.69) is 49.6 Å². The summed E-state index contributed by atoms with van der Waals surface area (Å²) in [7, 11) is 0. The van der Waals surface area contributed by atoms with E-state index in [4.69, 9.17) is 0 Å². The second kappa shape index (κ2) is 29.3. The maximum absolute atomic E-state index is 3.74. The van der Waals surface area contributed by atoms with Crippen LogP contribution in [-0.4, -0.2) is 4.98 Å². The molecule has 1 aromatic heterocycles. The van der Waals surface area contributed by atoms with Gasteiger partial charge in [-0.2, -0.15) is 0 Å². The second-order valence-corrected chi connectivity index (χ2v) is 13.6. The number of nitrogens with one attached hydrogen (secondary N) is 1. The van der Waals surface area contributed by atoms with Gasteiger partial charge in [-0.05, 0) is 32.6 Å². The van der Waals surface area contributed by atoms with Gasteiger partial charge in [0.15, 0.2) is 0 Å². The molecule has 0 aliphatic carbocycles. The fourth-order valence-corrected chi connectivity index (χ4v) is 6.78. The zero-order valence-electron chi connectivity index (χ0n) is 29.0. The Morgan fingerprint density at radius 3 is 1.15 bits per heavy atom. The smallest absolute Gasteiger partial charge is 0.247 e. The Balaban J connectivity index is 2.42. The van der Waals surface area contributed by atoms with Crippen LogP contribution in [0.15, 0.2) is 12.4 Å². The Labute approximate surface area is 259 Å². The maximum atomic E-state index is 3.74. The van der Waals surface area contributed by atoms with Gasteiger partial charge in [-0.1, -0.05) is 188 Å². The lowest BCUT2D eigenvalue weighted by molar-refractivity contribution is -0.727. The van der Waals surface area contributed by atoms with Gasteiger partial charge in [-0.25, -0.2) is 9.55 Å². The Kier molecular flexibility index (Phi) is 27.3. The van der Waals surface area contributed by atoms with Crippen molar-refractivity contribution >= 4 is 0 Å². The minimum absolute atomic E-state index is 0.620. The van der Waals surface area contributed by atoms with Gasteiger partial charge in [-0.15, -0.1) is 0 Å². The van der Waals surface area contributed by atoms with Gasteiger partial charge in [-0.3, -0.25) is 0 Å². The van der Waals surface area contributed by atoms with E-state index in [1.807, 2.05) is 0 Å². The molecule has 0 fully saturated rings. The number of rotatable bonds is 32. The van der Waals surface area contributed by atoms with Gasteiger partial charge < -0.3 is 0 Å². The monoisotopic (exact) mass is 574 g/mol. The number of hydrogen-bond donors (Lipinski definition) is 1. The number of nitrogens with zero attached hydrogens (tertiary/aromatic N) is 1. The standard InChI is InChI=1S/C39H76N2/c1-5-8-11-14-17-19-20-21-22-25-28-31-34-38(33-30-27-23-16-13-10-7-3)39-40-35-36-41(39)37(4)32-29-26-24-18-15-12-9-6-2/h35-38H,5-34H2,1-4H3/p+1. The lowest BCUT2D eigenvalue weighted by Gasteiger charge is -2.17. The molecule has 1 rings (SSSR count). The first-order valence-corrected chi connectivity index (χ1v) is 19.3. The molecule has 2 heteroatoms. The molecule has 0 aromatic carbocycles. The normalized spacial score (nSPS) is 13.2. The van der Waals surface area contributed by atoms with Gasteiger partial charge in [0, 0.05) is 0 Å². The molecule has 242 valence electrons. The van der Waals surface area contributed by atoms with E-state index in [1.165, 1.54) is 198 Å². The lowest BCUT2D eigenvalue weighted by atomic mass is 9.92. The predicted molar refractivity (Wildman–Crippen MR) is 184 cm³/mol. The molecule has 0 radical (unpaired) electrons. The molecule has 1 N–H and O–H groups in total. The molecule has 0 bridgehead atoms. The van der Waals surface area contributed by atoms with Crippen LogP contribution in [0.4, 0.5) is 0 Å². The summed E-state index contributed by atoms with van der Waals surface area (Å²) in [5, 5.41) is 0. The van der Waals surface area contributed by atoms with E-state index in [1.54, 1.807) is 0 Å². The average molecular weight is 574 g/mol. The first-order valence-electron chi connectivity index (χ1n) is 19.3. The number of aromatic nitrogens is 2. The third kappa shape index (κ3) is 21.5. The molecule has 0 saturated carbocycles. The molecule has 2 atom stereocenters. The van der Waals surface area contributed by atoms with Crippen molar-refractivity contribution in [1.29, 1.82) is 0 Å². The van der Waals surface area contributed by atoms with Gasteiger partial charge in [0.1, 0.15) is 12.4 Å². The van der Waals surface area contributed by atoms with Crippen molar-refractivity contribution in [2.24, 2.45) is 0 Å². The lowest BCUT2D eigenvalue weighted by Crippen LogP contribution is -2.41. The highest BCUT2D eigenvalue weighted by Gasteiger charge is 2.25. The summed E-state index contributed by atoms with van der Waals surface area (Å²) in [5.74, 6) is 2.25. The quantitative estimate of drug-likeness (QED) is 0.0653. The Morgan fingerprint density at radius 1 is 0.463 bits per heavy atom. The maximum Gasteiger partial charge on any atom is 0.257 e. The molecule has 1 heterocycles. The molecule has 2 unspecified atom stereocenters.